The van der Waals surface area contributed by atoms with Gasteiger partial charge in [0.15, 0.2) is 22.8 Å². The summed E-state index contributed by atoms with van der Waals surface area (Å²) in [6.07, 6.45) is 0. The van der Waals surface area contributed by atoms with Crippen LogP contribution in [0.3, 0.4) is 0 Å². The highest BCUT2D eigenvalue weighted by Crippen LogP contribution is 2.44. The smallest absolute Gasteiger partial charge is 0.296 e. The Balaban J connectivity index is 2.38. The molecule has 0 aliphatic heterocycles. The molecule has 3 rings (SSSR count). The lowest BCUT2D eigenvalue weighted by Gasteiger charge is -2.14. The van der Waals surface area contributed by atoms with Crippen LogP contribution in [0.1, 0.15) is 0 Å². The van der Waals surface area contributed by atoms with Crippen LogP contribution >= 0.6 is 0 Å². The fraction of sp³-hybridized carbons (Fsp3) is 0.250. The SMILES string of the molecule is COc1ccc(-c2c(OC)oc3c(O)c(OC)c(OC)cc3c2=O)cc1OC. The van der Waals surface area contributed by atoms with Crippen molar-refractivity contribution in [1.82, 2.24) is 0 Å². The number of phenolic OH excluding ortho intramolecular Hbond substituents is 1. The predicted octanol–water partition coefficient (Wildman–Crippen LogP) is 3.21. The van der Waals surface area contributed by atoms with Crippen LogP contribution in [0.4, 0.5) is 0 Å². The largest absolute Gasteiger partial charge is 0.502 e. The van der Waals surface area contributed by atoms with Crippen molar-refractivity contribution in [3.05, 3.63) is 34.5 Å². The lowest BCUT2D eigenvalue weighted by atomic mass is 10.0. The van der Waals surface area contributed by atoms with Crippen LogP contribution in [0.2, 0.25) is 0 Å². The molecule has 8 heteroatoms. The minimum absolute atomic E-state index is 0.0547. The Hall–Kier alpha value is -3.55. The van der Waals surface area contributed by atoms with Gasteiger partial charge in [-0.15, -0.1) is 0 Å². The number of methoxy groups -OCH3 is 5. The topological polar surface area (TPSA) is 96.6 Å². The van der Waals surface area contributed by atoms with Crippen molar-refractivity contribution in [2.24, 2.45) is 0 Å². The van der Waals surface area contributed by atoms with Crippen molar-refractivity contribution >= 4 is 11.0 Å². The minimum Gasteiger partial charge on any atom is -0.502 e. The van der Waals surface area contributed by atoms with Gasteiger partial charge in [0.25, 0.3) is 5.95 Å². The van der Waals surface area contributed by atoms with Crippen molar-refractivity contribution < 1.29 is 33.2 Å². The maximum absolute atomic E-state index is 13.3. The summed E-state index contributed by atoms with van der Waals surface area (Å²) in [5.41, 5.74) is 0.187. The second kappa shape index (κ2) is 7.59. The van der Waals surface area contributed by atoms with E-state index in [-0.39, 0.29) is 39.7 Å². The Labute approximate surface area is 160 Å². The molecule has 0 bridgehead atoms. The fourth-order valence-electron chi connectivity index (χ4n) is 2.99. The normalized spacial score (nSPS) is 10.6. The summed E-state index contributed by atoms with van der Waals surface area (Å²) >= 11 is 0. The molecule has 3 aromatic rings. The van der Waals surface area contributed by atoms with Crippen LogP contribution in [0.25, 0.3) is 22.1 Å². The Morgan fingerprint density at radius 1 is 0.821 bits per heavy atom. The molecule has 0 unspecified atom stereocenters. The maximum Gasteiger partial charge on any atom is 0.296 e. The second-order valence-corrected chi connectivity index (χ2v) is 5.70. The standard InChI is InChI=1S/C20H20O8/c1-23-12-7-6-10(8-13(12)24-2)15-16(21)11-9-14(25-3)19(26-4)17(22)18(11)28-20(15)27-5/h6-9,22H,1-5H3. The molecule has 8 nitrogen and oxygen atoms in total. The summed E-state index contributed by atoms with van der Waals surface area (Å²) in [6.45, 7) is 0. The highest BCUT2D eigenvalue weighted by Gasteiger charge is 2.24. The highest BCUT2D eigenvalue weighted by molar-refractivity contribution is 5.91. The molecule has 0 amide bonds. The van der Waals surface area contributed by atoms with E-state index in [1.165, 1.54) is 41.6 Å². The van der Waals surface area contributed by atoms with E-state index in [0.717, 1.165) is 0 Å². The van der Waals surface area contributed by atoms with Gasteiger partial charge in [-0.3, -0.25) is 4.79 Å². The maximum atomic E-state index is 13.3. The van der Waals surface area contributed by atoms with Crippen molar-refractivity contribution in [1.29, 1.82) is 0 Å². The van der Waals surface area contributed by atoms with Crippen molar-refractivity contribution in [2.75, 3.05) is 35.5 Å². The monoisotopic (exact) mass is 388 g/mol. The van der Waals surface area contributed by atoms with Crippen molar-refractivity contribution in [2.45, 2.75) is 0 Å². The first-order valence-corrected chi connectivity index (χ1v) is 8.21. The van der Waals surface area contributed by atoms with E-state index in [1.807, 2.05) is 0 Å². The Bertz CT molecular complexity index is 1080. The molecular formula is C20H20O8. The summed E-state index contributed by atoms with van der Waals surface area (Å²) in [4.78, 5) is 13.3. The van der Waals surface area contributed by atoms with E-state index in [9.17, 15) is 9.90 Å². The third-order valence-corrected chi connectivity index (χ3v) is 4.33. The highest BCUT2D eigenvalue weighted by atomic mass is 16.6. The van der Waals surface area contributed by atoms with Crippen LogP contribution in [0.15, 0.2) is 33.5 Å². The first-order valence-electron chi connectivity index (χ1n) is 8.21. The molecule has 0 aliphatic rings. The summed E-state index contributed by atoms with van der Waals surface area (Å²) in [7, 11) is 7.16. The number of benzene rings is 2. The fourth-order valence-corrected chi connectivity index (χ4v) is 2.99. The lowest BCUT2D eigenvalue weighted by molar-refractivity contribution is 0.303. The van der Waals surface area contributed by atoms with Gasteiger partial charge in [0.05, 0.1) is 40.9 Å². The average Bonchev–Trinajstić information content (AvgIpc) is 2.73. The van der Waals surface area contributed by atoms with Gasteiger partial charge in [-0.05, 0) is 23.8 Å². The minimum atomic E-state index is -0.415. The Kier molecular flexibility index (Phi) is 5.21. The third-order valence-electron chi connectivity index (χ3n) is 4.33. The number of fused-ring (bicyclic) bond motifs is 1. The molecule has 0 fully saturated rings. The molecule has 28 heavy (non-hydrogen) atoms. The van der Waals surface area contributed by atoms with Crippen molar-refractivity contribution in [3.63, 3.8) is 0 Å². The van der Waals surface area contributed by atoms with Crippen LogP contribution < -0.4 is 29.1 Å². The first kappa shape index (κ1) is 19.2. The van der Waals surface area contributed by atoms with Crippen LogP contribution in [0.5, 0.6) is 34.7 Å². The molecule has 2 aromatic carbocycles. The van der Waals surface area contributed by atoms with Crippen molar-refractivity contribution in [3.8, 4) is 45.8 Å². The van der Waals surface area contributed by atoms with E-state index in [1.54, 1.807) is 18.2 Å². The summed E-state index contributed by atoms with van der Waals surface area (Å²) < 4.78 is 31.9. The number of hydrogen-bond donors (Lipinski definition) is 1. The van der Waals surface area contributed by atoms with Gasteiger partial charge in [-0.2, -0.15) is 0 Å². The van der Waals surface area contributed by atoms with E-state index in [4.69, 9.17) is 28.1 Å². The molecule has 0 aliphatic carbocycles. The quantitative estimate of drug-likeness (QED) is 0.688. The molecule has 0 atom stereocenters. The summed E-state index contributed by atoms with van der Waals surface area (Å²) in [6, 6.07) is 6.44. The molecule has 0 saturated heterocycles. The van der Waals surface area contributed by atoms with Gasteiger partial charge in [-0.25, -0.2) is 0 Å². The molecule has 1 N–H and O–H groups in total. The second-order valence-electron chi connectivity index (χ2n) is 5.70. The van der Waals surface area contributed by atoms with Gasteiger partial charge < -0.3 is 33.2 Å². The zero-order valence-corrected chi connectivity index (χ0v) is 16.1. The van der Waals surface area contributed by atoms with Crippen LogP contribution in [-0.4, -0.2) is 40.7 Å². The number of ether oxygens (including phenoxy) is 5. The molecule has 0 saturated carbocycles. The zero-order valence-electron chi connectivity index (χ0n) is 16.1. The van der Waals surface area contributed by atoms with Gasteiger partial charge >= 0.3 is 0 Å². The first-order chi connectivity index (χ1) is 13.5. The van der Waals surface area contributed by atoms with E-state index >= 15 is 0 Å². The number of rotatable bonds is 6. The number of phenols is 1. The van der Waals surface area contributed by atoms with Gasteiger partial charge in [0, 0.05) is 0 Å². The summed E-state index contributed by atoms with van der Waals surface area (Å²) in [5, 5.41) is 10.6. The zero-order chi connectivity index (χ0) is 20.4. The van der Waals surface area contributed by atoms with Gasteiger partial charge in [-0.1, -0.05) is 6.07 Å². The molecule has 0 radical (unpaired) electrons. The molecule has 1 heterocycles. The molecular weight excluding hydrogens is 368 g/mol. The molecule has 148 valence electrons. The number of aromatic hydroxyl groups is 1. The van der Waals surface area contributed by atoms with E-state index in [0.29, 0.717) is 17.1 Å². The molecule has 0 spiro atoms. The van der Waals surface area contributed by atoms with E-state index < -0.39 is 5.43 Å². The van der Waals surface area contributed by atoms with Gasteiger partial charge in [0.2, 0.25) is 16.9 Å². The van der Waals surface area contributed by atoms with E-state index in [2.05, 4.69) is 0 Å². The van der Waals surface area contributed by atoms with Crippen LogP contribution in [0, 0.1) is 0 Å². The Morgan fingerprint density at radius 2 is 1.50 bits per heavy atom. The summed E-state index contributed by atoms with van der Waals surface area (Å²) in [5.74, 6) is 0.789. The van der Waals surface area contributed by atoms with Gasteiger partial charge in [0.1, 0.15) is 5.56 Å². The lowest BCUT2D eigenvalue weighted by Crippen LogP contribution is -2.08. The number of hydrogen-bond acceptors (Lipinski definition) is 8. The third kappa shape index (κ3) is 2.92. The Morgan fingerprint density at radius 3 is 2.07 bits per heavy atom. The average molecular weight is 388 g/mol. The predicted molar refractivity (Wildman–Crippen MR) is 102 cm³/mol. The molecule has 1 aromatic heterocycles. The van der Waals surface area contributed by atoms with Crippen LogP contribution in [-0.2, 0) is 0 Å².